The molecule has 7 heteroatoms. The Morgan fingerprint density at radius 1 is 1.37 bits per heavy atom. The highest BCUT2D eigenvalue weighted by Gasteiger charge is 2.23. The van der Waals surface area contributed by atoms with E-state index in [0.29, 0.717) is 13.2 Å². The van der Waals surface area contributed by atoms with Crippen molar-refractivity contribution in [1.82, 2.24) is 0 Å². The summed E-state index contributed by atoms with van der Waals surface area (Å²) in [5.74, 6) is -0.488. The first-order chi connectivity index (χ1) is 8.98. The van der Waals surface area contributed by atoms with Crippen LogP contribution in [0.15, 0.2) is 29.2 Å². The van der Waals surface area contributed by atoms with E-state index in [1.807, 2.05) is 0 Å². The fourth-order valence-electron chi connectivity index (χ4n) is 2.00. The SMILES string of the molecule is NS(=O)(=O)c1ccccc1NC(=O)C1CCCOC1. The monoisotopic (exact) mass is 284 g/mol. The van der Waals surface area contributed by atoms with Gasteiger partial charge in [-0.2, -0.15) is 0 Å². The van der Waals surface area contributed by atoms with Crippen molar-refractivity contribution in [2.45, 2.75) is 17.7 Å². The summed E-state index contributed by atoms with van der Waals surface area (Å²) < 4.78 is 28.1. The number of primary sulfonamides is 1. The number of ether oxygens (including phenoxy) is 1. The summed E-state index contributed by atoms with van der Waals surface area (Å²) in [4.78, 5) is 11.9. The number of amides is 1. The van der Waals surface area contributed by atoms with E-state index in [1.54, 1.807) is 12.1 Å². The van der Waals surface area contributed by atoms with Gasteiger partial charge < -0.3 is 10.1 Å². The third kappa shape index (κ3) is 3.52. The number of nitrogens with one attached hydrogen (secondary N) is 1. The van der Waals surface area contributed by atoms with Crippen molar-refractivity contribution in [2.75, 3.05) is 18.5 Å². The van der Waals surface area contributed by atoms with E-state index < -0.39 is 10.0 Å². The Morgan fingerprint density at radius 2 is 2.11 bits per heavy atom. The van der Waals surface area contributed by atoms with E-state index in [1.165, 1.54) is 12.1 Å². The molecule has 0 aliphatic carbocycles. The summed E-state index contributed by atoms with van der Waals surface area (Å²) in [5.41, 5.74) is 0.209. The van der Waals surface area contributed by atoms with Gasteiger partial charge in [0.15, 0.2) is 0 Å². The molecule has 1 aromatic rings. The highest BCUT2D eigenvalue weighted by Crippen LogP contribution is 2.22. The zero-order valence-corrected chi connectivity index (χ0v) is 11.2. The van der Waals surface area contributed by atoms with Crippen molar-refractivity contribution in [3.8, 4) is 0 Å². The second-order valence-electron chi connectivity index (χ2n) is 4.44. The number of hydrogen-bond donors (Lipinski definition) is 2. The molecule has 1 heterocycles. The molecule has 6 nitrogen and oxygen atoms in total. The third-order valence-electron chi connectivity index (χ3n) is 2.98. The molecule has 0 bridgehead atoms. The molecule has 0 radical (unpaired) electrons. The van der Waals surface area contributed by atoms with Gasteiger partial charge in [0, 0.05) is 6.61 Å². The number of rotatable bonds is 3. The molecule has 3 N–H and O–H groups in total. The first kappa shape index (κ1) is 14.0. The van der Waals surface area contributed by atoms with Crippen LogP contribution in [0, 0.1) is 5.92 Å². The van der Waals surface area contributed by atoms with Gasteiger partial charge in [0.25, 0.3) is 0 Å². The van der Waals surface area contributed by atoms with Crippen molar-refractivity contribution in [3.63, 3.8) is 0 Å². The highest BCUT2D eigenvalue weighted by molar-refractivity contribution is 7.89. The summed E-state index contributed by atoms with van der Waals surface area (Å²) in [7, 11) is -3.86. The van der Waals surface area contributed by atoms with Crippen LogP contribution in [0.5, 0.6) is 0 Å². The third-order valence-corrected chi connectivity index (χ3v) is 3.95. The molecular formula is C12H16N2O4S. The Balaban J connectivity index is 2.17. The number of sulfonamides is 1. The van der Waals surface area contributed by atoms with Crippen LogP contribution in [0.1, 0.15) is 12.8 Å². The number of benzene rings is 1. The van der Waals surface area contributed by atoms with Gasteiger partial charge in [0.05, 0.1) is 18.2 Å². The van der Waals surface area contributed by atoms with Crippen LogP contribution in [-0.4, -0.2) is 27.5 Å². The number of carbonyl (C=O) groups is 1. The van der Waals surface area contributed by atoms with Crippen molar-refractivity contribution in [1.29, 1.82) is 0 Å². The van der Waals surface area contributed by atoms with Gasteiger partial charge in [-0.1, -0.05) is 12.1 Å². The van der Waals surface area contributed by atoms with Gasteiger partial charge in [-0.3, -0.25) is 4.79 Å². The lowest BCUT2D eigenvalue weighted by Gasteiger charge is -2.21. The lowest BCUT2D eigenvalue weighted by Crippen LogP contribution is -2.30. The first-order valence-corrected chi connectivity index (χ1v) is 7.53. The lowest BCUT2D eigenvalue weighted by molar-refractivity contribution is -0.123. The molecule has 19 heavy (non-hydrogen) atoms. The fourth-order valence-corrected chi connectivity index (χ4v) is 2.69. The number of carbonyl (C=O) groups excluding carboxylic acids is 1. The number of hydrogen-bond acceptors (Lipinski definition) is 4. The quantitative estimate of drug-likeness (QED) is 0.853. The van der Waals surface area contributed by atoms with E-state index in [-0.39, 0.29) is 22.4 Å². The minimum atomic E-state index is -3.86. The van der Waals surface area contributed by atoms with Gasteiger partial charge >= 0.3 is 0 Å². The van der Waals surface area contributed by atoms with Crippen LogP contribution in [0.25, 0.3) is 0 Å². The Bertz CT molecular complexity index is 565. The topological polar surface area (TPSA) is 98.5 Å². The predicted molar refractivity (Wildman–Crippen MR) is 70.0 cm³/mol. The standard InChI is InChI=1S/C12H16N2O4S/c13-19(16,17)11-6-2-1-5-10(11)14-12(15)9-4-3-7-18-8-9/h1-2,5-6,9H,3-4,7-8H2,(H,14,15)(H2,13,16,17). The first-order valence-electron chi connectivity index (χ1n) is 5.99. The second kappa shape index (κ2) is 5.68. The smallest absolute Gasteiger partial charge is 0.240 e. The summed E-state index contributed by atoms with van der Waals surface area (Å²) >= 11 is 0. The summed E-state index contributed by atoms with van der Waals surface area (Å²) in [6.07, 6.45) is 1.57. The summed E-state index contributed by atoms with van der Waals surface area (Å²) in [6, 6.07) is 6.07. The second-order valence-corrected chi connectivity index (χ2v) is 5.97. The molecule has 1 aliphatic heterocycles. The van der Waals surface area contributed by atoms with Crippen LogP contribution in [0.3, 0.4) is 0 Å². The van der Waals surface area contributed by atoms with E-state index in [0.717, 1.165) is 12.8 Å². The molecule has 2 rings (SSSR count). The molecule has 0 aromatic heterocycles. The number of nitrogens with two attached hydrogens (primary N) is 1. The zero-order chi connectivity index (χ0) is 13.9. The summed E-state index contributed by atoms with van der Waals surface area (Å²) in [6.45, 7) is 1.03. The molecule has 1 unspecified atom stereocenters. The average molecular weight is 284 g/mol. The Hall–Kier alpha value is -1.44. The van der Waals surface area contributed by atoms with Crippen molar-refractivity contribution < 1.29 is 17.9 Å². The van der Waals surface area contributed by atoms with E-state index in [9.17, 15) is 13.2 Å². The van der Waals surface area contributed by atoms with Crippen molar-refractivity contribution in [3.05, 3.63) is 24.3 Å². The van der Waals surface area contributed by atoms with Gasteiger partial charge in [0.2, 0.25) is 15.9 Å². The molecule has 104 valence electrons. The molecule has 1 saturated heterocycles. The molecule has 1 aromatic carbocycles. The molecule has 1 atom stereocenters. The van der Waals surface area contributed by atoms with Gasteiger partial charge in [-0.25, -0.2) is 13.6 Å². The maximum atomic E-state index is 12.0. The Kier molecular flexibility index (Phi) is 4.18. The van der Waals surface area contributed by atoms with E-state index in [2.05, 4.69) is 5.32 Å². The van der Waals surface area contributed by atoms with Crippen LogP contribution < -0.4 is 10.5 Å². The largest absolute Gasteiger partial charge is 0.381 e. The normalized spacial score (nSPS) is 19.9. The molecule has 0 saturated carbocycles. The van der Waals surface area contributed by atoms with E-state index in [4.69, 9.17) is 9.88 Å². The maximum Gasteiger partial charge on any atom is 0.240 e. The molecule has 1 fully saturated rings. The fraction of sp³-hybridized carbons (Fsp3) is 0.417. The summed E-state index contributed by atoms with van der Waals surface area (Å²) in [5, 5.41) is 7.72. The molecule has 1 aliphatic rings. The molecule has 0 spiro atoms. The predicted octanol–water partition coefficient (Wildman–Crippen LogP) is 0.699. The maximum absolute atomic E-state index is 12.0. The number of anilines is 1. The van der Waals surface area contributed by atoms with Crippen molar-refractivity contribution >= 4 is 21.6 Å². The van der Waals surface area contributed by atoms with Crippen LogP contribution >= 0.6 is 0 Å². The Morgan fingerprint density at radius 3 is 2.74 bits per heavy atom. The van der Waals surface area contributed by atoms with Gasteiger partial charge in [0.1, 0.15) is 4.90 Å². The average Bonchev–Trinajstić information content (AvgIpc) is 2.39. The zero-order valence-electron chi connectivity index (χ0n) is 10.3. The highest BCUT2D eigenvalue weighted by atomic mass is 32.2. The van der Waals surface area contributed by atoms with Crippen LogP contribution in [-0.2, 0) is 19.6 Å². The Labute approximate surface area is 112 Å². The van der Waals surface area contributed by atoms with Crippen molar-refractivity contribution in [2.24, 2.45) is 11.1 Å². The van der Waals surface area contributed by atoms with Crippen LogP contribution in [0.2, 0.25) is 0 Å². The van der Waals surface area contributed by atoms with Crippen LogP contribution in [0.4, 0.5) is 5.69 Å². The van der Waals surface area contributed by atoms with Gasteiger partial charge in [-0.05, 0) is 25.0 Å². The minimum absolute atomic E-state index is 0.0833. The molecule has 1 amide bonds. The molecular weight excluding hydrogens is 268 g/mol. The number of para-hydroxylation sites is 1. The van der Waals surface area contributed by atoms with Gasteiger partial charge in [-0.15, -0.1) is 0 Å². The minimum Gasteiger partial charge on any atom is -0.381 e. The lowest BCUT2D eigenvalue weighted by atomic mass is 10.0. The van der Waals surface area contributed by atoms with E-state index >= 15 is 0 Å².